The van der Waals surface area contributed by atoms with Crippen molar-refractivity contribution in [3.63, 3.8) is 0 Å². The molecule has 0 aliphatic carbocycles. The third-order valence-electron chi connectivity index (χ3n) is 3.83. The van der Waals surface area contributed by atoms with Gasteiger partial charge in [-0.3, -0.25) is 9.59 Å². The Labute approximate surface area is 128 Å². The lowest BCUT2D eigenvalue weighted by molar-refractivity contribution is -0.139. The number of nitrogens with zero attached hydrogens (tertiary/aromatic N) is 1. The van der Waals surface area contributed by atoms with Crippen LogP contribution < -0.4 is 11.1 Å². The van der Waals surface area contributed by atoms with Gasteiger partial charge in [0.15, 0.2) is 0 Å². The molecule has 20 heavy (non-hydrogen) atoms. The minimum Gasteiger partial charge on any atom is -0.356 e. The summed E-state index contributed by atoms with van der Waals surface area (Å²) in [5.41, 5.74) is 5.78. The summed E-state index contributed by atoms with van der Waals surface area (Å²) < 4.78 is 0. The Balaban J connectivity index is 0.00000361. The summed E-state index contributed by atoms with van der Waals surface area (Å²) in [6.45, 7) is 7.71. The minimum atomic E-state index is -0.183. The lowest BCUT2D eigenvalue weighted by atomic mass is 9.94. The van der Waals surface area contributed by atoms with Gasteiger partial charge in [-0.05, 0) is 26.2 Å². The molecule has 0 bridgehead atoms. The van der Waals surface area contributed by atoms with Gasteiger partial charge in [0, 0.05) is 25.7 Å². The predicted molar refractivity (Wildman–Crippen MR) is 82.7 cm³/mol. The van der Waals surface area contributed by atoms with Crippen LogP contribution in [0.1, 0.15) is 40.0 Å². The van der Waals surface area contributed by atoms with E-state index in [9.17, 15) is 9.59 Å². The van der Waals surface area contributed by atoms with Crippen molar-refractivity contribution in [1.82, 2.24) is 10.2 Å². The number of hydrogen-bond donors (Lipinski definition) is 2. The molecule has 0 aromatic heterocycles. The first-order chi connectivity index (χ1) is 8.97. The zero-order valence-electron chi connectivity index (χ0n) is 12.7. The monoisotopic (exact) mass is 305 g/mol. The maximum absolute atomic E-state index is 12.2. The molecule has 0 spiro atoms. The second kappa shape index (κ2) is 9.19. The lowest BCUT2D eigenvalue weighted by Crippen LogP contribution is -2.49. The Morgan fingerprint density at radius 2 is 2.05 bits per heavy atom. The Hall–Kier alpha value is -0.810. The van der Waals surface area contributed by atoms with Crippen molar-refractivity contribution in [2.75, 3.05) is 19.6 Å². The average Bonchev–Trinajstić information content (AvgIpc) is 2.43. The second-order valence-corrected chi connectivity index (χ2v) is 5.56. The minimum absolute atomic E-state index is 0. The van der Waals surface area contributed by atoms with Crippen LogP contribution in [0.4, 0.5) is 0 Å². The molecule has 0 aromatic rings. The molecule has 0 radical (unpaired) electrons. The summed E-state index contributed by atoms with van der Waals surface area (Å²) in [6.07, 6.45) is 2.69. The number of carbonyl (C=O) groups excluding carboxylic acids is 2. The van der Waals surface area contributed by atoms with Crippen LogP contribution in [0.25, 0.3) is 0 Å². The molecule has 118 valence electrons. The fraction of sp³-hybridized carbons (Fsp3) is 0.857. The standard InChI is InChI=1S/C14H27N3O2.ClH/c1-4-7-16-13(18)12-6-5-8-17(9-12)14(19)10(2)11(3)15;/h10-12H,4-9,15H2,1-3H3,(H,16,18);1H. The number of amides is 2. The molecule has 0 saturated carbocycles. The molecule has 1 rings (SSSR count). The first kappa shape index (κ1) is 19.2. The van der Waals surface area contributed by atoms with E-state index in [1.807, 2.05) is 20.8 Å². The van der Waals surface area contributed by atoms with Gasteiger partial charge in [0.1, 0.15) is 0 Å². The van der Waals surface area contributed by atoms with Crippen molar-refractivity contribution < 1.29 is 9.59 Å². The van der Waals surface area contributed by atoms with Gasteiger partial charge in [-0.1, -0.05) is 13.8 Å². The van der Waals surface area contributed by atoms with E-state index < -0.39 is 0 Å². The van der Waals surface area contributed by atoms with Crippen LogP contribution in [0.5, 0.6) is 0 Å². The van der Waals surface area contributed by atoms with Gasteiger partial charge in [-0.25, -0.2) is 0 Å². The third-order valence-corrected chi connectivity index (χ3v) is 3.83. The molecule has 1 fully saturated rings. The zero-order chi connectivity index (χ0) is 14.4. The number of carbonyl (C=O) groups is 2. The molecule has 1 saturated heterocycles. The van der Waals surface area contributed by atoms with Crippen molar-refractivity contribution in [3.8, 4) is 0 Å². The van der Waals surface area contributed by atoms with Crippen molar-refractivity contribution >= 4 is 24.2 Å². The lowest BCUT2D eigenvalue weighted by Gasteiger charge is -2.34. The third kappa shape index (κ3) is 5.29. The summed E-state index contributed by atoms with van der Waals surface area (Å²) >= 11 is 0. The topological polar surface area (TPSA) is 75.4 Å². The van der Waals surface area contributed by atoms with Gasteiger partial charge in [0.2, 0.25) is 11.8 Å². The van der Waals surface area contributed by atoms with Crippen LogP contribution in [-0.4, -0.2) is 42.4 Å². The summed E-state index contributed by atoms with van der Waals surface area (Å²) in [4.78, 5) is 26.0. The number of halogens is 1. The van der Waals surface area contributed by atoms with Crippen molar-refractivity contribution in [1.29, 1.82) is 0 Å². The van der Waals surface area contributed by atoms with Gasteiger partial charge >= 0.3 is 0 Å². The van der Waals surface area contributed by atoms with E-state index >= 15 is 0 Å². The second-order valence-electron chi connectivity index (χ2n) is 5.56. The number of hydrogen-bond acceptors (Lipinski definition) is 3. The largest absolute Gasteiger partial charge is 0.356 e. The quantitative estimate of drug-likeness (QED) is 0.800. The normalized spacial score (nSPS) is 21.6. The van der Waals surface area contributed by atoms with Crippen LogP contribution in [0.3, 0.4) is 0 Å². The summed E-state index contributed by atoms with van der Waals surface area (Å²) in [5.74, 6) is -0.0993. The molecule has 1 aliphatic rings. The van der Waals surface area contributed by atoms with Crippen molar-refractivity contribution in [3.05, 3.63) is 0 Å². The Morgan fingerprint density at radius 1 is 1.40 bits per heavy atom. The molecule has 3 atom stereocenters. The molecule has 6 heteroatoms. The highest BCUT2D eigenvalue weighted by molar-refractivity contribution is 5.85. The molecular formula is C14H28ClN3O2. The molecule has 0 aromatic carbocycles. The smallest absolute Gasteiger partial charge is 0.226 e. The highest BCUT2D eigenvalue weighted by Gasteiger charge is 2.31. The Morgan fingerprint density at radius 3 is 2.60 bits per heavy atom. The predicted octanol–water partition coefficient (Wildman–Crippen LogP) is 1.16. The van der Waals surface area contributed by atoms with Crippen LogP contribution >= 0.6 is 12.4 Å². The molecular weight excluding hydrogens is 278 g/mol. The number of piperidine rings is 1. The number of nitrogens with one attached hydrogen (secondary N) is 1. The van der Waals surface area contributed by atoms with E-state index in [1.54, 1.807) is 4.90 Å². The van der Waals surface area contributed by atoms with Gasteiger partial charge < -0.3 is 16.0 Å². The van der Waals surface area contributed by atoms with Crippen molar-refractivity contribution in [2.24, 2.45) is 17.6 Å². The van der Waals surface area contributed by atoms with Gasteiger partial charge in [-0.2, -0.15) is 0 Å². The van der Waals surface area contributed by atoms with Crippen molar-refractivity contribution in [2.45, 2.75) is 46.1 Å². The van der Waals surface area contributed by atoms with E-state index in [0.717, 1.165) is 25.8 Å². The molecule has 3 unspecified atom stereocenters. The summed E-state index contributed by atoms with van der Waals surface area (Å²) in [7, 11) is 0. The number of rotatable bonds is 5. The average molecular weight is 306 g/mol. The molecule has 5 nitrogen and oxygen atoms in total. The van der Waals surface area contributed by atoms with Crippen LogP contribution in [0.2, 0.25) is 0 Å². The fourth-order valence-electron chi connectivity index (χ4n) is 2.30. The van der Waals surface area contributed by atoms with E-state index in [1.165, 1.54) is 0 Å². The summed E-state index contributed by atoms with van der Waals surface area (Å²) in [5, 5.41) is 2.91. The summed E-state index contributed by atoms with van der Waals surface area (Å²) in [6, 6.07) is -0.151. The van der Waals surface area contributed by atoms with E-state index in [0.29, 0.717) is 13.1 Å². The first-order valence-electron chi connectivity index (χ1n) is 7.29. The SMILES string of the molecule is CCCNC(=O)C1CCCN(C(=O)C(C)C(C)N)C1.Cl. The first-order valence-corrected chi connectivity index (χ1v) is 7.29. The maximum atomic E-state index is 12.2. The zero-order valence-corrected chi connectivity index (χ0v) is 13.5. The van der Waals surface area contributed by atoms with Gasteiger partial charge in [-0.15, -0.1) is 12.4 Å². The Bertz CT molecular complexity index is 324. The molecule has 2 amide bonds. The number of nitrogens with two attached hydrogens (primary N) is 1. The maximum Gasteiger partial charge on any atom is 0.226 e. The molecule has 1 aliphatic heterocycles. The van der Waals surface area contributed by atoms with Crippen LogP contribution in [0, 0.1) is 11.8 Å². The van der Waals surface area contributed by atoms with Gasteiger partial charge in [0.05, 0.1) is 11.8 Å². The number of likely N-dealkylation sites (tertiary alicyclic amines) is 1. The van der Waals surface area contributed by atoms with Gasteiger partial charge in [0.25, 0.3) is 0 Å². The molecule has 3 N–H and O–H groups in total. The molecule has 1 heterocycles. The van der Waals surface area contributed by atoms with Crippen LogP contribution in [0.15, 0.2) is 0 Å². The highest BCUT2D eigenvalue weighted by atomic mass is 35.5. The van der Waals surface area contributed by atoms with E-state index in [-0.39, 0.29) is 42.1 Å². The van der Waals surface area contributed by atoms with E-state index in [4.69, 9.17) is 5.73 Å². The fourth-order valence-corrected chi connectivity index (χ4v) is 2.30. The van der Waals surface area contributed by atoms with E-state index in [2.05, 4.69) is 5.32 Å². The van der Waals surface area contributed by atoms with Crippen LogP contribution in [-0.2, 0) is 9.59 Å². The Kier molecular flexibility index (Phi) is 8.81. The highest BCUT2D eigenvalue weighted by Crippen LogP contribution is 2.19.